The first-order valence-electron chi connectivity index (χ1n) is 9.91. The van der Waals surface area contributed by atoms with E-state index in [2.05, 4.69) is 20.2 Å². The normalized spacial score (nSPS) is 16.0. The fourth-order valence-electron chi connectivity index (χ4n) is 3.63. The van der Waals surface area contributed by atoms with Gasteiger partial charge in [-0.15, -0.1) is 0 Å². The lowest BCUT2D eigenvalue weighted by atomic mass is 10.1. The van der Waals surface area contributed by atoms with Crippen molar-refractivity contribution in [2.24, 2.45) is 0 Å². The van der Waals surface area contributed by atoms with E-state index in [9.17, 15) is 9.59 Å². The molecule has 1 saturated heterocycles. The topological polar surface area (TPSA) is 81.3 Å². The van der Waals surface area contributed by atoms with Gasteiger partial charge in [0.05, 0.1) is 23.5 Å². The second-order valence-electron chi connectivity index (χ2n) is 7.37. The third-order valence-electron chi connectivity index (χ3n) is 5.33. The molecule has 0 spiro atoms. The minimum atomic E-state index is -0.112. The Morgan fingerprint density at radius 3 is 2.52 bits per heavy atom. The van der Waals surface area contributed by atoms with Gasteiger partial charge in [-0.2, -0.15) is 0 Å². The standard InChI is InChI=1S/C22H25N5O2/c1-16(17-7-3-2-4-8-17)23-22(29)27-13-11-26(12-14-27)15-20-24-19-10-6-5-9-18(19)21(28)25-20/h2-10,16H,11-15H2,1H3,(H,23,29)(H,24,25,28). The highest BCUT2D eigenvalue weighted by atomic mass is 16.2. The summed E-state index contributed by atoms with van der Waals surface area (Å²) in [6, 6.07) is 17.2. The summed E-state index contributed by atoms with van der Waals surface area (Å²) in [6.45, 7) is 5.32. The van der Waals surface area contributed by atoms with Gasteiger partial charge in [0.1, 0.15) is 5.82 Å². The fraction of sp³-hybridized carbons (Fsp3) is 0.318. The lowest BCUT2D eigenvalue weighted by Gasteiger charge is -2.35. The number of H-pyrrole nitrogens is 1. The molecule has 0 bridgehead atoms. The van der Waals surface area contributed by atoms with Gasteiger partial charge >= 0.3 is 6.03 Å². The van der Waals surface area contributed by atoms with E-state index in [1.165, 1.54) is 0 Å². The van der Waals surface area contributed by atoms with Gasteiger partial charge in [0.15, 0.2) is 0 Å². The van der Waals surface area contributed by atoms with E-state index in [0.29, 0.717) is 36.4 Å². The maximum absolute atomic E-state index is 12.6. The number of piperazine rings is 1. The highest BCUT2D eigenvalue weighted by Gasteiger charge is 2.23. The van der Waals surface area contributed by atoms with Crippen molar-refractivity contribution in [2.45, 2.75) is 19.5 Å². The zero-order chi connectivity index (χ0) is 20.2. The number of nitrogens with zero attached hydrogens (tertiary/aromatic N) is 3. The van der Waals surface area contributed by atoms with Crippen LogP contribution in [0.3, 0.4) is 0 Å². The molecule has 2 heterocycles. The predicted molar refractivity (Wildman–Crippen MR) is 113 cm³/mol. The Morgan fingerprint density at radius 2 is 1.76 bits per heavy atom. The molecule has 0 radical (unpaired) electrons. The van der Waals surface area contributed by atoms with Gasteiger partial charge in [0.25, 0.3) is 5.56 Å². The molecular formula is C22H25N5O2. The van der Waals surface area contributed by atoms with Gasteiger partial charge in [-0.1, -0.05) is 42.5 Å². The lowest BCUT2D eigenvalue weighted by Crippen LogP contribution is -2.51. The molecule has 7 heteroatoms. The number of benzene rings is 2. The quantitative estimate of drug-likeness (QED) is 0.716. The van der Waals surface area contributed by atoms with Crippen molar-refractivity contribution in [3.05, 3.63) is 76.3 Å². The minimum absolute atomic E-state index is 0.0337. The van der Waals surface area contributed by atoms with Crippen LogP contribution in [0.5, 0.6) is 0 Å². The van der Waals surface area contributed by atoms with Crippen molar-refractivity contribution in [2.75, 3.05) is 26.2 Å². The number of hydrogen-bond acceptors (Lipinski definition) is 4. The van der Waals surface area contributed by atoms with E-state index in [-0.39, 0.29) is 17.6 Å². The zero-order valence-electron chi connectivity index (χ0n) is 16.5. The Kier molecular flexibility index (Phi) is 5.57. The van der Waals surface area contributed by atoms with E-state index in [1.54, 1.807) is 6.07 Å². The Bertz CT molecular complexity index is 1040. The number of carbonyl (C=O) groups excluding carboxylic acids is 1. The first kappa shape index (κ1) is 19.1. The van der Waals surface area contributed by atoms with Gasteiger partial charge in [-0.25, -0.2) is 9.78 Å². The Labute approximate surface area is 169 Å². The average molecular weight is 391 g/mol. The number of amides is 2. The van der Waals surface area contributed by atoms with Crippen molar-refractivity contribution in [1.29, 1.82) is 0 Å². The van der Waals surface area contributed by atoms with Crippen molar-refractivity contribution >= 4 is 16.9 Å². The lowest BCUT2D eigenvalue weighted by molar-refractivity contribution is 0.132. The van der Waals surface area contributed by atoms with Gasteiger partial charge in [0.2, 0.25) is 0 Å². The predicted octanol–water partition coefficient (Wildman–Crippen LogP) is 2.51. The molecule has 2 N–H and O–H groups in total. The molecule has 2 aromatic carbocycles. The molecular weight excluding hydrogens is 366 g/mol. The third-order valence-corrected chi connectivity index (χ3v) is 5.33. The molecule has 2 amide bonds. The van der Waals surface area contributed by atoms with Crippen molar-refractivity contribution in [3.8, 4) is 0 Å². The van der Waals surface area contributed by atoms with E-state index >= 15 is 0 Å². The van der Waals surface area contributed by atoms with Crippen LogP contribution >= 0.6 is 0 Å². The minimum Gasteiger partial charge on any atom is -0.331 e. The summed E-state index contributed by atoms with van der Waals surface area (Å²) in [5, 5.41) is 3.67. The summed E-state index contributed by atoms with van der Waals surface area (Å²) in [5.41, 5.74) is 1.68. The molecule has 1 aliphatic rings. The Morgan fingerprint density at radius 1 is 1.07 bits per heavy atom. The first-order valence-corrected chi connectivity index (χ1v) is 9.91. The Balaban J connectivity index is 1.32. The number of rotatable bonds is 4. The summed E-state index contributed by atoms with van der Waals surface area (Å²) < 4.78 is 0. The van der Waals surface area contributed by atoms with Crippen LogP contribution in [0, 0.1) is 0 Å². The monoisotopic (exact) mass is 391 g/mol. The largest absolute Gasteiger partial charge is 0.331 e. The van der Waals surface area contributed by atoms with Crippen LogP contribution in [0.25, 0.3) is 10.9 Å². The second-order valence-corrected chi connectivity index (χ2v) is 7.37. The third kappa shape index (κ3) is 4.46. The summed E-state index contributed by atoms with van der Waals surface area (Å²) in [4.78, 5) is 36.3. The van der Waals surface area contributed by atoms with Gasteiger partial charge < -0.3 is 15.2 Å². The second kappa shape index (κ2) is 8.45. The molecule has 1 aromatic heterocycles. The fourth-order valence-corrected chi connectivity index (χ4v) is 3.63. The molecule has 1 fully saturated rings. The van der Waals surface area contributed by atoms with E-state index < -0.39 is 0 Å². The molecule has 3 aromatic rings. The van der Waals surface area contributed by atoms with Crippen LogP contribution in [-0.2, 0) is 6.54 Å². The van der Waals surface area contributed by atoms with Crippen LogP contribution < -0.4 is 10.9 Å². The van der Waals surface area contributed by atoms with Gasteiger partial charge in [-0.05, 0) is 24.6 Å². The number of urea groups is 1. The summed E-state index contributed by atoms with van der Waals surface area (Å²) in [6.07, 6.45) is 0. The number of hydrogen-bond donors (Lipinski definition) is 2. The molecule has 1 unspecified atom stereocenters. The van der Waals surface area contributed by atoms with E-state index in [4.69, 9.17) is 0 Å². The van der Waals surface area contributed by atoms with Crippen LogP contribution in [0.1, 0.15) is 24.4 Å². The van der Waals surface area contributed by atoms with Crippen molar-refractivity contribution < 1.29 is 4.79 Å². The number of aromatic amines is 1. The number of fused-ring (bicyclic) bond motifs is 1. The van der Waals surface area contributed by atoms with Gasteiger partial charge in [0, 0.05) is 26.2 Å². The van der Waals surface area contributed by atoms with Crippen LogP contribution in [0.4, 0.5) is 4.79 Å². The van der Waals surface area contributed by atoms with Crippen molar-refractivity contribution in [3.63, 3.8) is 0 Å². The zero-order valence-corrected chi connectivity index (χ0v) is 16.5. The van der Waals surface area contributed by atoms with E-state index in [1.807, 2.05) is 60.4 Å². The number of nitrogens with one attached hydrogen (secondary N) is 2. The number of para-hydroxylation sites is 1. The van der Waals surface area contributed by atoms with Crippen molar-refractivity contribution in [1.82, 2.24) is 25.1 Å². The molecule has 1 aliphatic heterocycles. The first-order chi connectivity index (χ1) is 14.1. The summed E-state index contributed by atoms with van der Waals surface area (Å²) in [7, 11) is 0. The molecule has 0 aliphatic carbocycles. The molecule has 4 rings (SSSR count). The summed E-state index contributed by atoms with van der Waals surface area (Å²) >= 11 is 0. The number of aromatic nitrogens is 2. The van der Waals surface area contributed by atoms with Crippen LogP contribution in [-0.4, -0.2) is 52.0 Å². The maximum Gasteiger partial charge on any atom is 0.317 e. The smallest absolute Gasteiger partial charge is 0.317 e. The van der Waals surface area contributed by atoms with Gasteiger partial charge in [-0.3, -0.25) is 9.69 Å². The highest BCUT2D eigenvalue weighted by molar-refractivity contribution is 5.77. The maximum atomic E-state index is 12.6. The highest BCUT2D eigenvalue weighted by Crippen LogP contribution is 2.13. The van der Waals surface area contributed by atoms with Crippen LogP contribution in [0.15, 0.2) is 59.4 Å². The molecule has 29 heavy (non-hydrogen) atoms. The molecule has 0 saturated carbocycles. The Hall–Kier alpha value is -3.19. The number of carbonyl (C=O) groups is 1. The molecule has 1 atom stereocenters. The average Bonchev–Trinajstić information content (AvgIpc) is 2.75. The SMILES string of the molecule is CC(NC(=O)N1CCN(Cc2nc3ccccc3c(=O)[nH]2)CC1)c1ccccc1. The molecule has 150 valence electrons. The summed E-state index contributed by atoms with van der Waals surface area (Å²) in [5.74, 6) is 0.657. The van der Waals surface area contributed by atoms with E-state index in [0.717, 1.165) is 18.7 Å². The van der Waals surface area contributed by atoms with Crippen LogP contribution in [0.2, 0.25) is 0 Å². The molecule has 7 nitrogen and oxygen atoms in total.